The molecule has 1 aliphatic rings. The number of benzene rings is 2. The Balaban J connectivity index is 1.68. The van der Waals surface area contributed by atoms with Gasteiger partial charge in [-0.05, 0) is 30.3 Å². The number of likely N-dealkylation sites (N-methyl/N-ethyl adjacent to an activating group) is 1. The van der Waals surface area contributed by atoms with Gasteiger partial charge in [0, 0.05) is 5.02 Å². The van der Waals surface area contributed by atoms with Crippen LogP contribution >= 0.6 is 11.6 Å². The van der Waals surface area contributed by atoms with Crippen molar-refractivity contribution in [2.45, 2.75) is 0 Å². The fraction of sp³-hybridized carbons (Fsp3) is 0.300. The lowest BCUT2D eigenvalue weighted by Crippen LogP contribution is -3.12. The number of piperazine rings is 1. The molecule has 0 saturated carbocycles. The van der Waals surface area contributed by atoms with Crippen molar-refractivity contribution in [3.63, 3.8) is 0 Å². The Morgan fingerprint density at radius 3 is 2.78 bits per heavy atom. The fourth-order valence-electron chi connectivity index (χ4n) is 3.03. The normalized spacial score (nSPS) is 14.5. The van der Waals surface area contributed by atoms with Gasteiger partial charge in [-0.25, -0.2) is 0 Å². The van der Waals surface area contributed by atoms with E-state index in [1.807, 2.05) is 18.2 Å². The van der Waals surface area contributed by atoms with Crippen LogP contribution in [0.2, 0.25) is 5.02 Å². The zero-order chi connectivity index (χ0) is 19.2. The molecule has 1 heterocycles. The number of para-hydroxylation sites is 1. The minimum absolute atomic E-state index is 0.183. The van der Waals surface area contributed by atoms with Gasteiger partial charge in [0.15, 0.2) is 6.61 Å². The van der Waals surface area contributed by atoms with E-state index in [-0.39, 0.29) is 12.5 Å². The van der Waals surface area contributed by atoms with Crippen LogP contribution in [0.4, 0.5) is 11.4 Å². The van der Waals surface area contributed by atoms with Gasteiger partial charge in [0.1, 0.15) is 11.8 Å². The maximum Gasteiger partial charge on any atom is 0.262 e. The molecular weight excluding hydrogens is 364 g/mol. The third-order valence-electron chi connectivity index (χ3n) is 4.56. The van der Waals surface area contributed by atoms with Crippen LogP contribution < -0.4 is 19.9 Å². The van der Waals surface area contributed by atoms with Crippen molar-refractivity contribution in [2.24, 2.45) is 0 Å². The monoisotopic (exact) mass is 385 g/mol. The molecule has 3 rings (SSSR count). The van der Waals surface area contributed by atoms with E-state index in [2.05, 4.69) is 17.3 Å². The molecule has 0 aliphatic carbocycles. The first-order valence-corrected chi connectivity index (χ1v) is 9.22. The van der Waals surface area contributed by atoms with Gasteiger partial charge < -0.3 is 19.9 Å². The second kappa shape index (κ2) is 8.76. The van der Waals surface area contributed by atoms with Gasteiger partial charge in [-0.1, -0.05) is 23.7 Å². The van der Waals surface area contributed by atoms with E-state index in [9.17, 15) is 4.79 Å². The first kappa shape index (κ1) is 19.0. The first-order chi connectivity index (χ1) is 13.1. The summed E-state index contributed by atoms with van der Waals surface area (Å²) in [5.74, 6) is 0.0922. The van der Waals surface area contributed by atoms with Crippen molar-refractivity contribution in [2.75, 3.05) is 50.1 Å². The highest BCUT2D eigenvalue weighted by Gasteiger charge is 2.20. The number of ether oxygens (including phenoxy) is 1. The predicted octanol–water partition coefficient (Wildman–Crippen LogP) is 1.56. The molecule has 1 amide bonds. The van der Waals surface area contributed by atoms with Crippen molar-refractivity contribution < 1.29 is 14.4 Å². The largest absolute Gasteiger partial charge is 0.482 e. The molecule has 140 valence electrons. The molecule has 1 fully saturated rings. The highest BCUT2D eigenvalue weighted by molar-refractivity contribution is 6.31. The molecule has 0 aromatic heterocycles. The van der Waals surface area contributed by atoms with E-state index in [0.717, 1.165) is 31.9 Å². The molecule has 6 nitrogen and oxygen atoms in total. The fourth-order valence-corrected chi connectivity index (χ4v) is 3.20. The van der Waals surface area contributed by atoms with Crippen LogP contribution in [0, 0.1) is 11.3 Å². The second-order valence-corrected chi connectivity index (χ2v) is 6.99. The van der Waals surface area contributed by atoms with E-state index >= 15 is 0 Å². The van der Waals surface area contributed by atoms with E-state index < -0.39 is 0 Å². The number of anilines is 2. The lowest BCUT2D eigenvalue weighted by molar-refractivity contribution is -0.880. The van der Waals surface area contributed by atoms with Crippen LogP contribution in [0.15, 0.2) is 42.5 Å². The van der Waals surface area contributed by atoms with Gasteiger partial charge in [0.05, 0.1) is 50.2 Å². The summed E-state index contributed by atoms with van der Waals surface area (Å²) >= 11 is 6.13. The topological polar surface area (TPSA) is 69.8 Å². The summed E-state index contributed by atoms with van der Waals surface area (Å²) in [5, 5.41) is 12.5. The summed E-state index contributed by atoms with van der Waals surface area (Å²) in [7, 11) is 2.18. The quantitative estimate of drug-likeness (QED) is 0.819. The van der Waals surface area contributed by atoms with Crippen molar-refractivity contribution in [3.05, 3.63) is 53.1 Å². The zero-order valence-corrected chi connectivity index (χ0v) is 15.9. The lowest BCUT2D eigenvalue weighted by Gasteiger charge is -2.33. The van der Waals surface area contributed by atoms with Crippen molar-refractivity contribution in [1.82, 2.24) is 0 Å². The number of halogens is 1. The van der Waals surface area contributed by atoms with E-state index in [0.29, 0.717) is 22.0 Å². The van der Waals surface area contributed by atoms with Crippen LogP contribution in [0.1, 0.15) is 5.56 Å². The number of nitrogens with one attached hydrogen (secondary N) is 2. The van der Waals surface area contributed by atoms with E-state index in [4.69, 9.17) is 21.6 Å². The number of amides is 1. The van der Waals surface area contributed by atoms with E-state index in [1.54, 1.807) is 30.3 Å². The highest BCUT2D eigenvalue weighted by Crippen LogP contribution is 2.29. The average molecular weight is 386 g/mol. The molecule has 0 unspecified atom stereocenters. The SMILES string of the molecule is C[NH+]1CCN(c2ccc(Cl)cc2NC(=O)COc2ccccc2C#N)CC1. The Kier molecular flexibility index (Phi) is 6.17. The molecule has 2 aromatic carbocycles. The Hall–Kier alpha value is -2.75. The molecule has 0 radical (unpaired) electrons. The van der Waals surface area contributed by atoms with Crippen LogP contribution in [0.5, 0.6) is 5.75 Å². The number of nitrogens with zero attached hydrogens (tertiary/aromatic N) is 2. The molecule has 2 aromatic rings. The molecule has 27 heavy (non-hydrogen) atoms. The number of carbonyl (C=O) groups excluding carboxylic acids is 1. The first-order valence-electron chi connectivity index (χ1n) is 8.84. The summed E-state index contributed by atoms with van der Waals surface area (Å²) in [5.41, 5.74) is 2.02. The van der Waals surface area contributed by atoms with Crippen LogP contribution in [0.25, 0.3) is 0 Å². The maximum absolute atomic E-state index is 12.4. The Morgan fingerprint density at radius 2 is 2.04 bits per heavy atom. The molecular formula is C20H22ClN4O2+. The van der Waals surface area contributed by atoms with Gasteiger partial charge in [0.2, 0.25) is 0 Å². The van der Waals surface area contributed by atoms with Gasteiger partial charge in [-0.15, -0.1) is 0 Å². The summed E-state index contributed by atoms with van der Waals surface area (Å²) in [6, 6.07) is 14.4. The Morgan fingerprint density at radius 1 is 1.30 bits per heavy atom. The number of hydrogen-bond acceptors (Lipinski definition) is 4. The highest BCUT2D eigenvalue weighted by atomic mass is 35.5. The number of nitriles is 1. The van der Waals surface area contributed by atoms with Crippen molar-refractivity contribution in [3.8, 4) is 11.8 Å². The smallest absolute Gasteiger partial charge is 0.262 e. The third-order valence-corrected chi connectivity index (χ3v) is 4.79. The predicted molar refractivity (Wildman–Crippen MR) is 106 cm³/mol. The number of hydrogen-bond donors (Lipinski definition) is 2. The molecule has 0 atom stereocenters. The van der Waals surface area contributed by atoms with Crippen molar-refractivity contribution >= 4 is 28.9 Å². The van der Waals surface area contributed by atoms with E-state index in [1.165, 1.54) is 4.90 Å². The molecule has 1 aliphatic heterocycles. The summed E-state index contributed by atoms with van der Waals surface area (Å²) in [6.07, 6.45) is 0. The molecule has 0 spiro atoms. The molecule has 7 heteroatoms. The summed E-state index contributed by atoms with van der Waals surface area (Å²) < 4.78 is 5.51. The minimum Gasteiger partial charge on any atom is -0.482 e. The van der Waals surface area contributed by atoms with Gasteiger partial charge in [-0.3, -0.25) is 4.79 Å². The maximum atomic E-state index is 12.4. The van der Waals surface area contributed by atoms with Crippen LogP contribution in [0.3, 0.4) is 0 Å². The molecule has 2 N–H and O–H groups in total. The van der Waals surface area contributed by atoms with Gasteiger partial charge in [-0.2, -0.15) is 5.26 Å². The standard InChI is InChI=1S/C20H21ClN4O2/c1-24-8-10-25(11-9-24)18-7-6-16(21)12-17(18)23-20(26)14-27-19-5-3-2-4-15(19)13-22/h2-7,12H,8-11,14H2,1H3,(H,23,26)/p+1. The summed E-state index contributed by atoms with van der Waals surface area (Å²) in [4.78, 5) is 16.1. The number of carbonyl (C=O) groups is 1. The van der Waals surface area contributed by atoms with Gasteiger partial charge >= 0.3 is 0 Å². The Labute approximate surface area is 163 Å². The number of rotatable bonds is 5. The van der Waals surface area contributed by atoms with Crippen molar-refractivity contribution in [1.29, 1.82) is 5.26 Å². The second-order valence-electron chi connectivity index (χ2n) is 6.55. The molecule has 0 bridgehead atoms. The lowest BCUT2D eigenvalue weighted by atomic mass is 10.2. The van der Waals surface area contributed by atoms with Gasteiger partial charge in [0.25, 0.3) is 5.91 Å². The van der Waals surface area contributed by atoms with Crippen LogP contribution in [-0.2, 0) is 4.79 Å². The Bertz CT molecular complexity index is 857. The van der Waals surface area contributed by atoms with Crippen LogP contribution in [-0.4, -0.2) is 45.7 Å². The summed E-state index contributed by atoms with van der Waals surface area (Å²) in [6.45, 7) is 3.75. The number of quaternary nitrogens is 1. The third kappa shape index (κ3) is 4.91. The zero-order valence-electron chi connectivity index (χ0n) is 15.2. The molecule has 1 saturated heterocycles. The minimum atomic E-state index is -0.300. The average Bonchev–Trinajstić information content (AvgIpc) is 2.67.